The third-order valence-electron chi connectivity index (χ3n) is 2.93. The van der Waals surface area contributed by atoms with Crippen LogP contribution in [0.2, 0.25) is 5.02 Å². The maximum absolute atomic E-state index is 13.2. The first-order valence-corrected chi connectivity index (χ1v) is 8.34. The Hall–Kier alpha value is -2.21. The van der Waals surface area contributed by atoms with Gasteiger partial charge in [0.05, 0.1) is 23.2 Å². The van der Waals surface area contributed by atoms with Crippen LogP contribution in [0, 0.1) is 0 Å². The fourth-order valence-corrected chi connectivity index (χ4v) is 2.43. The minimum atomic E-state index is -5.89. The highest BCUT2D eigenvalue weighted by atomic mass is 35.5. The quantitative estimate of drug-likeness (QED) is 0.220. The van der Waals surface area contributed by atoms with Gasteiger partial charge in [-0.2, -0.15) is 27.1 Å². The van der Waals surface area contributed by atoms with E-state index in [9.17, 15) is 26.7 Å². The number of ether oxygens (including phenoxy) is 1. The molecular formula is C14H10ClF5N4O2S. The average Bonchev–Trinajstić information content (AvgIpc) is 3.03. The fraction of sp³-hybridized carbons (Fsp3) is 0.286. The summed E-state index contributed by atoms with van der Waals surface area (Å²) in [5.41, 5.74) is 0. The summed E-state index contributed by atoms with van der Waals surface area (Å²) in [5, 5.41) is 4.32. The molecule has 27 heavy (non-hydrogen) atoms. The Labute approximate surface area is 158 Å². The van der Waals surface area contributed by atoms with Gasteiger partial charge in [0.15, 0.2) is 17.1 Å². The second-order valence-electron chi connectivity index (χ2n) is 4.86. The third-order valence-corrected chi connectivity index (χ3v) is 3.96. The van der Waals surface area contributed by atoms with Gasteiger partial charge in [-0.3, -0.25) is 4.79 Å². The Morgan fingerprint density at radius 3 is 2.67 bits per heavy atom. The highest BCUT2D eigenvalue weighted by Gasteiger charge is 2.63. The van der Waals surface area contributed by atoms with Crippen LogP contribution >= 0.6 is 23.4 Å². The highest BCUT2D eigenvalue weighted by Crippen LogP contribution is 2.39. The smallest absolute Gasteiger partial charge is 0.451 e. The molecule has 0 radical (unpaired) electrons. The molecule has 1 unspecified atom stereocenters. The maximum atomic E-state index is 13.2. The van der Waals surface area contributed by atoms with E-state index < -0.39 is 29.9 Å². The Bertz CT molecular complexity index is 830. The van der Waals surface area contributed by atoms with E-state index >= 15 is 0 Å². The summed E-state index contributed by atoms with van der Waals surface area (Å²) >= 11 is 6.42. The maximum Gasteiger partial charge on any atom is 0.457 e. The van der Waals surface area contributed by atoms with Gasteiger partial charge < -0.3 is 4.74 Å². The summed E-state index contributed by atoms with van der Waals surface area (Å²) in [6, 6.07) is 1.49. The summed E-state index contributed by atoms with van der Waals surface area (Å²) in [5.74, 6) is -6.86. The lowest BCUT2D eigenvalue weighted by molar-refractivity contribution is -0.307. The van der Waals surface area contributed by atoms with Crippen LogP contribution in [0.15, 0.2) is 42.5 Å². The Balaban J connectivity index is 2.00. The van der Waals surface area contributed by atoms with Gasteiger partial charge in [-0.25, -0.2) is 14.6 Å². The molecule has 13 heteroatoms. The zero-order chi connectivity index (χ0) is 20.2. The number of nitrogens with zero attached hydrogens (tertiary/aromatic N) is 4. The molecule has 2 aromatic rings. The van der Waals surface area contributed by atoms with Gasteiger partial charge >= 0.3 is 18.1 Å². The molecule has 0 saturated heterocycles. The van der Waals surface area contributed by atoms with E-state index in [2.05, 4.69) is 26.4 Å². The van der Waals surface area contributed by atoms with Crippen molar-refractivity contribution in [2.45, 2.75) is 23.4 Å². The molecule has 2 aromatic heterocycles. The molecular weight excluding hydrogens is 419 g/mol. The predicted molar refractivity (Wildman–Crippen MR) is 86.0 cm³/mol. The first kappa shape index (κ1) is 21.1. The molecule has 6 nitrogen and oxygen atoms in total. The molecule has 0 aliphatic carbocycles. The number of carbonyl (C=O) groups excluding carboxylic acids is 1. The van der Waals surface area contributed by atoms with Crippen molar-refractivity contribution in [2.24, 2.45) is 0 Å². The first-order chi connectivity index (χ1) is 12.5. The number of halogens is 6. The van der Waals surface area contributed by atoms with Crippen molar-refractivity contribution in [3.8, 4) is 5.82 Å². The summed E-state index contributed by atoms with van der Waals surface area (Å²) in [7, 11) is 0. The topological polar surface area (TPSA) is 69.9 Å². The van der Waals surface area contributed by atoms with Gasteiger partial charge in [-0.15, -0.1) is 0 Å². The number of aromatic nitrogens is 4. The second kappa shape index (κ2) is 8.21. The van der Waals surface area contributed by atoms with Crippen LogP contribution in [0.25, 0.3) is 5.82 Å². The molecule has 0 aliphatic heterocycles. The van der Waals surface area contributed by atoms with Crippen molar-refractivity contribution in [1.29, 1.82) is 0 Å². The predicted octanol–water partition coefficient (Wildman–Crippen LogP) is 3.70. The van der Waals surface area contributed by atoms with Crippen molar-refractivity contribution in [3.05, 3.63) is 42.3 Å². The van der Waals surface area contributed by atoms with E-state index in [1.165, 1.54) is 29.3 Å². The summed E-state index contributed by atoms with van der Waals surface area (Å²) < 4.78 is 69.0. The Morgan fingerprint density at radius 2 is 2.11 bits per heavy atom. The minimum absolute atomic E-state index is 0.0498. The van der Waals surface area contributed by atoms with Crippen LogP contribution in [0.3, 0.4) is 0 Å². The largest absolute Gasteiger partial charge is 0.457 e. The second-order valence-corrected chi connectivity index (χ2v) is 6.24. The van der Waals surface area contributed by atoms with E-state index in [4.69, 9.17) is 11.6 Å². The normalized spacial score (nSPS) is 13.3. The number of alkyl halides is 5. The van der Waals surface area contributed by atoms with Gasteiger partial charge in [0.2, 0.25) is 0 Å². The van der Waals surface area contributed by atoms with E-state index in [-0.39, 0.29) is 11.2 Å². The van der Waals surface area contributed by atoms with E-state index in [0.717, 1.165) is 0 Å². The summed E-state index contributed by atoms with van der Waals surface area (Å²) in [4.78, 5) is 19.5. The zero-order valence-electron chi connectivity index (χ0n) is 13.2. The lowest BCUT2D eigenvalue weighted by atomic mass is 10.2. The highest BCUT2D eigenvalue weighted by molar-refractivity contribution is 7.99. The van der Waals surface area contributed by atoms with E-state index in [1.54, 1.807) is 0 Å². The molecule has 0 amide bonds. The van der Waals surface area contributed by atoms with Gasteiger partial charge in [0, 0.05) is 12.3 Å². The molecule has 0 aromatic carbocycles. The number of hydrogen-bond donors (Lipinski definition) is 0. The molecule has 1 atom stereocenters. The van der Waals surface area contributed by atoms with E-state index in [1.807, 2.05) is 0 Å². The van der Waals surface area contributed by atoms with Crippen LogP contribution in [0.4, 0.5) is 22.0 Å². The average molecular weight is 429 g/mol. The Morgan fingerprint density at radius 1 is 1.41 bits per heavy atom. The van der Waals surface area contributed by atoms with Gasteiger partial charge in [-0.1, -0.05) is 29.9 Å². The van der Waals surface area contributed by atoms with Crippen molar-refractivity contribution in [1.82, 2.24) is 19.7 Å². The minimum Gasteiger partial charge on any atom is -0.451 e. The van der Waals surface area contributed by atoms with Crippen LogP contribution in [-0.4, -0.2) is 49.7 Å². The molecule has 0 fully saturated rings. The van der Waals surface area contributed by atoms with Crippen LogP contribution in [0.5, 0.6) is 0 Å². The van der Waals surface area contributed by atoms with Crippen LogP contribution in [-0.2, 0) is 9.53 Å². The lowest BCUT2D eigenvalue weighted by Gasteiger charge is -2.25. The lowest BCUT2D eigenvalue weighted by Crippen LogP contribution is -2.48. The van der Waals surface area contributed by atoms with Gasteiger partial charge in [-0.05, 0) is 6.08 Å². The molecule has 0 aliphatic rings. The summed E-state index contributed by atoms with van der Waals surface area (Å²) in [6.45, 7) is 2.85. The van der Waals surface area contributed by atoms with Crippen molar-refractivity contribution < 1.29 is 31.5 Å². The molecule has 0 bridgehead atoms. The fourth-order valence-electron chi connectivity index (χ4n) is 1.69. The number of thioether (sulfide) groups is 1. The van der Waals surface area contributed by atoms with Crippen molar-refractivity contribution in [3.63, 3.8) is 0 Å². The van der Waals surface area contributed by atoms with Crippen LogP contribution in [0.1, 0.15) is 0 Å². The monoisotopic (exact) mass is 428 g/mol. The molecule has 0 spiro atoms. The number of rotatable bonds is 7. The van der Waals surface area contributed by atoms with Crippen molar-refractivity contribution >= 4 is 29.3 Å². The van der Waals surface area contributed by atoms with Gasteiger partial charge in [0.1, 0.15) is 0 Å². The number of carbonyl (C=O) groups is 1. The van der Waals surface area contributed by atoms with Crippen LogP contribution < -0.4 is 0 Å². The molecule has 2 heterocycles. The first-order valence-electron chi connectivity index (χ1n) is 6.97. The standard InChI is InChI=1S/C14H10ClF5N4O2S/c1-2-9(13(16,17)14(18,19)20)26-11(25)7-27-12-21-4-3-10(23-12)24-6-8(15)5-22-24/h2-6,9H,1,7H2. The van der Waals surface area contributed by atoms with E-state index in [0.29, 0.717) is 22.6 Å². The number of esters is 1. The molecule has 146 valence electrons. The molecule has 2 rings (SSSR count). The Kier molecular flexibility index (Phi) is 6.42. The van der Waals surface area contributed by atoms with Crippen molar-refractivity contribution in [2.75, 3.05) is 5.75 Å². The summed E-state index contributed by atoms with van der Waals surface area (Å²) in [6.07, 6.45) is -4.35. The SMILES string of the molecule is C=CC(OC(=O)CSc1nccc(-n2cc(Cl)cn2)n1)C(F)(F)C(F)(F)F. The third kappa shape index (κ3) is 5.16. The molecule has 0 N–H and O–H groups in total. The molecule has 0 saturated carbocycles. The van der Waals surface area contributed by atoms with Gasteiger partial charge in [0.25, 0.3) is 0 Å². The zero-order valence-corrected chi connectivity index (χ0v) is 14.7. The number of hydrogen-bond acceptors (Lipinski definition) is 6.